The minimum atomic E-state index is 0.920. The maximum atomic E-state index is 4.25. The van der Waals surface area contributed by atoms with E-state index in [0.29, 0.717) is 0 Å². The maximum Gasteiger partial charge on any atom is -0.00695 e. The van der Waals surface area contributed by atoms with Crippen LogP contribution in [-0.2, 0) is 0 Å². The van der Waals surface area contributed by atoms with Crippen molar-refractivity contribution in [3.8, 4) is 0 Å². The molecule has 1 aliphatic carbocycles. The van der Waals surface area contributed by atoms with Gasteiger partial charge >= 0.3 is 0 Å². The van der Waals surface area contributed by atoms with Crippen molar-refractivity contribution in [3.63, 3.8) is 0 Å². The number of rotatable bonds is 1. The first-order valence-electron chi connectivity index (χ1n) is 3.36. The second kappa shape index (κ2) is 3.39. The fourth-order valence-electron chi connectivity index (χ4n) is 1.18. The molecular formula is C7H13S. The number of hydrogen-bond acceptors (Lipinski definition) is 1. The van der Waals surface area contributed by atoms with Gasteiger partial charge in [0.1, 0.15) is 0 Å². The van der Waals surface area contributed by atoms with Crippen molar-refractivity contribution >= 4 is 12.6 Å². The predicted molar refractivity (Wildman–Crippen MR) is 40.1 cm³/mol. The molecule has 0 aromatic rings. The third kappa shape index (κ3) is 1.70. The summed E-state index contributed by atoms with van der Waals surface area (Å²) in [5.74, 6) is 2.01. The van der Waals surface area contributed by atoms with Crippen LogP contribution in [0.4, 0.5) is 0 Å². The van der Waals surface area contributed by atoms with E-state index in [-0.39, 0.29) is 0 Å². The molecule has 0 aliphatic heterocycles. The van der Waals surface area contributed by atoms with Crippen LogP contribution in [0, 0.1) is 12.3 Å². The Morgan fingerprint density at radius 3 is 2.38 bits per heavy atom. The monoisotopic (exact) mass is 129 g/mol. The number of thiol groups is 1. The van der Waals surface area contributed by atoms with Gasteiger partial charge in [0.05, 0.1) is 0 Å². The van der Waals surface area contributed by atoms with Crippen molar-refractivity contribution in [2.24, 2.45) is 5.92 Å². The normalized spacial score (nSPS) is 23.6. The second-order valence-electron chi connectivity index (χ2n) is 2.49. The molecule has 1 heteroatoms. The Kier molecular flexibility index (Phi) is 2.74. The zero-order valence-electron chi connectivity index (χ0n) is 5.14. The summed E-state index contributed by atoms with van der Waals surface area (Å²) in [5.41, 5.74) is 0. The van der Waals surface area contributed by atoms with E-state index in [9.17, 15) is 0 Å². The molecule has 0 aromatic heterocycles. The van der Waals surface area contributed by atoms with Crippen LogP contribution in [0.1, 0.15) is 25.7 Å². The smallest absolute Gasteiger partial charge is 0.00695 e. The zero-order chi connectivity index (χ0) is 5.82. The molecule has 47 valence electrons. The molecule has 1 radical (unpaired) electrons. The summed E-state index contributed by atoms with van der Waals surface area (Å²) in [6.45, 7) is 0. The van der Waals surface area contributed by atoms with Gasteiger partial charge in [0.15, 0.2) is 0 Å². The molecule has 0 aromatic carbocycles. The quantitative estimate of drug-likeness (QED) is 0.516. The fourth-order valence-corrected chi connectivity index (χ4v) is 1.54. The highest BCUT2D eigenvalue weighted by atomic mass is 32.1. The standard InChI is InChI=1S/C7H13S/c8-6-7-4-2-1-3-5-7/h1,7-8H,2-6H2. The average Bonchev–Trinajstić information content (AvgIpc) is 1.90. The Hall–Kier alpha value is 0.350. The maximum absolute atomic E-state index is 4.25. The van der Waals surface area contributed by atoms with Crippen molar-refractivity contribution in [3.05, 3.63) is 6.42 Å². The Balaban J connectivity index is 2.13. The van der Waals surface area contributed by atoms with Gasteiger partial charge in [0.25, 0.3) is 0 Å². The number of hydrogen-bond donors (Lipinski definition) is 1. The molecule has 1 aliphatic rings. The van der Waals surface area contributed by atoms with E-state index in [2.05, 4.69) is 19.0 Å². The first-order valence-corrected chi connectivity index (χ1v) is 3.99. The molecule has 0 spiro atoms. The fraction of sp³-hybridized carbons (Fsp3) is 0.857. The second-order valence-corrected chi connectivity index (χ2v) is 2.86. The van der Waals surface area contributed by atoms with Crippen molar-refractivity contribution < 1.29 is 0 Å². The summed E-state index contributed by atoms with van der Waals surface area (Å²) < 4.78 is 0. The highest BCUT2D eigenvalue weighted by molar-refractivity contribution is 7.80. The molecular weight excluding hydrogens is 116 g/mol. The third-order valence-electron chi connectivity index (χ3n) is 1.82. The molecule has 0 unspecified atom stereocenters. The minimum Gasteiger partial charge on any atom is -0.179 e. The Morgan fingerprint density at radius 2 is 2.00 bits per heavy atom. The molecule has 0 atom stereocenters. The van der Waals surface area contributed by atoms with Gasteiger partial charge in [-0.25, -0.2) is 0 Å². The van der Waals surface area contributed by atoms with Crippen molar-refractivity contribution in [1.29, 1.82) is 0 Å². The van der Waals surface area contributed by atoms with Crippen molar-refractivity contribution in [2.75, 3.05) is 5.75 Å². The molecule has 0 N–H and O–H groups in total. The summed E-state index contributed by atoms with van der Waals surface area (Å²) in [5, 5.41) is 0. The third-order valence-corrected chi connectivity index (χ3v) is 2.33. The van der Waals surface area contributed by atoms with Crippen LogP contribution >= 0.6 is 12.6 Å². The Labute approximate surface area is 57.1 Å². The first-order chi connectivity index (χ1) is 3.93. The molecule has 0 saturated heterocycles. The lowest BCUT2D eigenvalue weighted by atomic mass is 9.91. The lowest BCUT2D eigenvalue weighted by Crippen LogP contribution is -2.07. The Bertz CT molecular complexity index is 55.4. The highest BCUT2D eigenvalue weighted by Crippen LogP contribution is 2.23. The lowest BCUT2D eigenvalue weighted by molar-refractivity contribution is 0.447. The van der Waals surface area contributed by atoms with Crippen LogP contribution in [0.3, 0.4) is 0 Å². The highest BCUT2D eigenvalue weighted by Gasteiger charge is 2.10. The molecule has 0 heterocycles. The van der Waals surface area contributed by atoms with Gasteiger partial charge in [0, 0.05) is 0 Å². The Morgan fingerprint density at radius 1 is 1.38 bits per heavy atom. The van der Waals surface area contributed by atoms with Gasteiger partial charge in [-0.05, 0) is 43.8 Å². The zero-order valence-corrected chi connectivity index (χ0v) is 6.03. The molecule has 0 bridgehead atoms. The molecule has 0 amide bonds. The molecule has 1 fully saturated rings. The van der Waals surface area contributed by atoms with Gasteiger partial charge in [-0.3, -0.25) is 0 Å². The topological polar surface area (TPSA) is 0 Å². The van der Waals surface area contributed by atoms with Crippen LogP contribution < -0.4 is 0 Å². The molecule has 1 saturated carbocycles. The van der Waals surface area contributed by atoms with E-state index in [1.807, 2.05) is 0 Å². The van der Waals surface area contributed by atoms with E-state index in [4.69, 9.17) is 0 Å². The summed E-state index contributed by atoms with van der Waals surface area (Å²) in [4.78, 5) is 0. The van der Waals surface area contributed by atoms with E-state index < -0.39 is 0 Å². The van der Waals surface area contributed by atoms with E-state index in [0.717, 1.165) is 11.7 Å². The van der Waals surface area contributed by atoms with E-state index in [1.165, 1.54) is 25.7 Å². The molecule has 0 nitrogen and oxygen atoms in total. The summed E-state index contributed by atoms with van der Waals surface area (Å²) in [7, 11) is 0. The van der Waals surface area contributed by atoms with Crippen molar-refractivity contribution in [1.82, 2.24) is 0 Å². The molecule has 1 rings (SSSR count). The van der Waals surface area contributed by atoms with Gasteiger partial charge in [-0.1, -0.05) is 0 Å². The first kappa shape index (κ1) is 6.47. The lowest BCUT2D eigenvalue weighted by Gasteiger charge is -2.18. The molecule has 8 heavy (non-hydrogen) atoms. The van der Waals surface area contributed by atoms with E-state index in [1.54, 1.807) is 0 Å². The summed E-state index contributed by atoms with van der Waals surface area (Å²) in [6.07, 6.45) is 7.80. The van der Waals surface area contributed by atoms with Crippen LogP contribution in [0.25, 0.3) is 0 Å². The van der Waals surface area contributed by atoms with Gasteiger partial charge in [-0.15, -0.1) is 0 Å². The van der Waals surface area contributed by atoms with Gasteiger partial charge < -0.3 is 0 Å². The van der Waals surface area contributed by atoms with Crippen LogP contribution in [-0.4, -0.2) is 5.75 Å². The van der Waals surface area contributed by atoms with Gasteiger partial charge in [-0.2, -0.15) is 12.6 Å². The average molecular weight is 129 g/mol. The van der Waals surface area contributed by atoms with Crippen LogP contribution in [0.15, 0.2) is 0 Å². The minimum absolute atomic E-state index is 0.920. The van der Waals surface area contributed by atoms with Gasteiger partial charge in [0.2, 0.25) is 0 Å². The summed E-state index contributed by atoms with van der Waals surface area (Å²) in [6, 6.07) is 0. The van der Waals surface area contributed by atoms with Crippen molar-refractivity contribution in [2.45, 2.75) is 25.7 Å². The van der Waals surface area contributed by atoms with E-state index >= 15 is 0 Å². The SMILES string of the molecule is SCC1CC[CH]CC1. The van der Waals surface area contributed by atoms with Crippen LogP contribution in [0.2, 0.25) is 0 Å². The van der Waals surface area contributed by atoms with Crippen LogP contribution in [0.5, 0.6) is 0 Å². The predicted octanol–water partition coefficient (Wildman–Crippen LogP) is 2.31. The summed E-state index contributed by atoms with van der Waals surface area (Å²) >= 11 is 4.25. The largest absolute Gasteiger partial charge is 0.179 e.